The van der Waals surface area contributed by atoms with Gasteiger partial charge in [0.15, 0.2) is 29.4 Å². The predicted octanol–water partition coefficient (Wildman–Crippen LogP) is 5.26. The molecule has 1 aliphatic rings. The Morgan fingerprint density at radius 3 is 2.56 bits per heavy atom. The molecule has 0 saturated heterocycles. The first-order chi connectivity index (χ1) is 16.1. The largest absolute Gasteiger partial charge is 0.452 e. The van der Waals surface area contributed by atoms with Gasteiger partial charge < -0.3 is 25.8 Å². The van der Waals surface area contributed by atoms with E-state index in [-0.39, 0.29) is 28.7 Å². The summed E-state index contributed by atoms with van der Waals surface area (Å²) in [5, 5.41) is 16.3. The fourth-order valence-corrected chi connectivity index (χ4v) is 2.93. The maximum absolute atomic E-state index is 14.6. The molecule has 2 amide bonds. The minimum Gasteiger partial charge on any atom is -0.452 e. The Kier molecular flexibility index (Phi) is 6.03. The highest BCUT2D eigenvalue weighted by atomic mass is 19.4. The number of nitrogens with one attached hydrogen (secondary N) is 3. The Hall–Kier alpha value is -4.26. The second-order valence-electron chi connectivity index (χ2n) is 6.89. The summed E-state index contributed by atoms with van der Waals surface area (Å²) < 4.78 is 72.3. The van der Waals surface area contributed by atoms with Crippen LogP contribution in [-0.4, -0.2) is 28.6 Å². The number of aliphatic hydroxyl groups excluding tert-OH is 1. The van der Waals surface area contributed by atoms with E-state index in [4.69, 9.17) is 4.74 Å². The van der Waals surface area contributed by atoms with Gasteiger partial charge in [0.05, 0.1) is 17.5 Å². The molecule has 34 heavy (non-hydrogen) atoms. The monoisotopic (exact) mass is 479 g/mol. The third-order valence-corrected chi connectivity index (χ3v) is 4.47. The molecular weight excluding hydrogens is 465 g/mol. The van der Waals surface area contributed by atoms with Crippen molar-refractivity contribution in [2.45, 2.75) is 12.4 Å². The van der Waals surface area contributed by atoms with Gasteiger partial charge in [0.25, 0.3) is 0 Å². The topological polar surface area (TPSA) is 108 Å². The second-order valence-corrected chi connectivity index (χ2v) is 6.89. The van der Waals surface area contributed by atoms with Gasteiger partial charge in [-0.15, -0.1) is 0 Å². The normalized spacial score (nSPS) is 14.7. The molecule has 4 rings (SSSR count). The van der Waals surface area contributed by atoms with Crippen molar-refractivity contribution in [3.8, 4) is 11.5 Å². The van der Waals surface area contributed by atoms with Gasteiger partial charge in [0.1, 0.15) is 11.5 Å². The van der Waals surface area contributed by atoms with Gasteiger partial charge in [-0.1, -0.05) is 0 Å². The third-order valence-electron chi connectivity index (χ3n) is 4.47. The molecule has 1 unspecified atom stereocenters. The number of pyridine rings is 1. The first kappa shape index (κ1) is 22.9. The molecule has 13 heteroatoms. The lowest BCUT2D eigenvalue weighted by atomic mass is 10.2. The lowest BCUT2D eigenvalue weighted by Crippen LogP contribution is -2.23. The number of carbonyl (C=O) groups excluding carboxylic acids is 1. The van der Waals surface area contributed by atoms with E-state index in [1.807, 2.05) is 5.32 Å². The van der Waals surface area contributed by atoms with Crippen LogP contribution in [0.25, 0.3) is 0 Å². The second kappa shape index (κ2) is 8.94. The molecular formula is C21H14F5N5O3. The van der Waals surface area contributed by atoms with Crippen LogP contribution in [0.2, 0.25) is 0 Å². The van der Waals surface area contributed by atoms with Crippen molar-refractivity contribution in [1.82, 2.24) is 4.98 Å². The van der Waals surface area contributed by atoms with Crippen LogP contribution in [0.5, 0.6) is 11.5 Å². The van der Waals surface area contributed by atoms with E-state index < -0.39 is 41.3 Å². The molecule has 0 spiro atoms. The molecule has 1 aliphatic heterocycles. The van der Waals surface area contributed by atoms with Crippen molar-refractivity contribution in [3.63, 3.8) is 0 Å². The lowest BCUT2D eigenvalue weighted by Gasteiger charge is -2.18. The summed E-state index contributed by atoms with van der Waals surface area (Å²) in [4.78, 5) is 20.1. The minimum atomic E-state index is -4.73. The van der Waals surface area contributed by atoms with Crippen molar-refractivity contribution in [1.29, 1.82) is 0 Å². The molecule has 0 aliphatic carbocycles. The molecule has 1 aromatic heterocycles. The number of amides is 2. The summed E-state index contributed by atoms with van der Waals surface area (Å²) in [7, 11) is 0. The number of hydrogen-bond donors (Lipinski definition) is 4. The Morgan fingerprint density at radius 1 is 1.03 bits per heavy atom. The number of alkyl halides is 3. The van der Waals surface area contributed by atoms with Crippen LogP contribution >= 0.6 is 0 Å². The summed E-state index contributed by atoms with van der Waals surface area (Å²) in [5.74, 6) is -1.84. The minimum absolute atomic E-state index is 0.0747. The van der Waals surface area contributed by atoms with Gasteiger partial charge in [-0.25, -0.2) is 23.6 Å². The van der Waals surface area contributed by atoms with E-state index in [1.54, 1.807) is 0 Å². The molecule has 0 fully saturated rings. The zero-order valence-electron chi connectivity index (χ0n) is 16.8. The van der Waals surface area contributed by atoms with E-state index in [2.05, 4.69) is 20.6 Å². The van der Waals surface area contributed by atoms with Crippen molar-refractivity contribution in [3.05, 3.63) is 65.9 Å². The number of fused-ring (bicyclic) bond motifs is 1. The van der Waals surface area contributed by atoms with Crippen LogP contribution in [0.3, 0.4) is 0 Å². The average Bonchev–Trinajstić information content (AvgIpc) is 2.76. The van der Waals surface area contributed by atoms with Crippen LogP contribution in [0.15, 0.2) is 53.7 Å². The van der Waals surface area contributed by atoms with Crippen LogP contribution < -0.4 is 20.7 Å². The number of aliphatic imine (C=N–C) groups is 1. The SMILES string of the molecule is O=C(Nc1ccc(Oc2ccnc3c2N=CC(O)N3)c(F)c1)Nc1cc(C(F)(F)F)ccc1F. The molecule has 0 saturated carbocycles. The molecule has 0 radical (unpaired) electrons. The quantitative estimate of drug-likeness (QED) is 0.382. The number of hydrogen-bond acceptors (Lipinski definition) is 6. The van der Waals surface area contributed by atoms with E-state index in [1.165, 1.54) is 30.6 Å². The van der Waals surface area contributed by atoms with Crippen molar-refractivity contribution in [2.24, 2.45) is 4.99 Å². The molecule has 8 nitrogen and oxygen atoms in total. The molecule has 176 valence electrons. The number of anilines is 3. The van der Waals surface area contributed by atoms with Crippen LogP contribution in [0.1, 0.15) is 5.56 Å². The molecule has 1 atom stereocenters. The number of nitrogens with zero attached hydrogens (tertiary/aromatic N) is 2. The van der Waals surface area contributed by atoms with Gasteiger partial charge in [0.2, 0.25) is 0 Å². The van der Waals surface area contributed by atoms with E-state index in [9.17, 15) is 31.9 Å². The van der Waals surface area contributed by atoms with Gasteiger partial charge in [-0.2, -0.15) is 13.2 Å². The third kappa shape index (κ3) is 5.04. The van der Waals surface area contributed by atoms with Crippen LogP contribution in [-0.2, 0) is 6.18 Å². The zero-order valence-corrected chi connectivity index (χ0v) is 16.8. The standard InChI is InChI=1S/C21H14F5N5O3/c22-12-3-1-10(21(24,25)26)7-14(12)30-20(33)29-11-2-4-15(13(23)8-11)34-16-5-6-27-19-18(16)28-9-17(32)31-19/h1-9,17,32H,(H,27,31)(H2,29,30,33). The van der Waals surface area contributed by atoms with Gasteiger partial charge in [0, 0.05) is 24.0 Å². The highest BCUT2D eigenvalue weighted by Gasteiger charge is 2.31. The summed E-state index contributed by atoms with van der Waals surface area (Å²) in [6.45, 7) is 0. The summed E-state index contributed by atoms with van der Waals surface area (Å²) >= 11 is 0. The Bertz CT molecular complexity index is 1280. The maximum atomic E-state index is 14.6. The predicted molar refractivity (Wildman–Crippen MR) is 113 cm³/mol. The number of ether oxygens (including phenoxy) is 1. The molecule has 3 aromatic rings. The first-order valence-corrected chi connectivity index (χ1v) is 9.50. The Labute approximate surface area is 188 Å². The van der Waals surface area contributed by atoms with Crippen LogP contribution in [0, 0.1) is 11.6 Å². The lowest BCUT2D eigenvalue weighted by molar-refractivity contribution is -0.137. The molecule has 2 aromatic carbocycles. The summed E-state index contributed by atoms with van der Waals surface area (Å²) in [6, 6.07) is 5.25. The van der Waals surface area contributed by atoms with Gasteiger partial charge >= 0.3 is 12.2 Å². The number of benzene rings is 2. The fraction of sp³-hybridized carbons (Fsp3) is 0.0952. The number of carbonyl (C=O) groups is 1. The highest BCUT2D eigenvalue weighted by Crippen LogP contribution is 2.39. The van der Waals surface area contributed by atoms with Gasteiger partial charge in [-0.05, 0) is 30.3 Å². The van der Waals surface area contributed by atoms with Crippen molar-refractivity contribution in [2.75, 3.05) is 16.0 Å². The van der Waals surface area contributed by atoms with Crippen molar-refractivity contribution >= 4 is 35.1 Å². The average molecular weight is 479 g/mol. The van der Waals surface area contributed by atoms with E-state index in [0.717, 1.165) is 6.07 Å². The summed E-state index contributed by atoms with van der Waals surface area (Å²) in [6.07, 6.45) is -3.20. The first-order valence-electron chi connectivity index (χ1n) is 9.50. The molecule has 0 bridgehead atoms. The van der Waals surface area contributed by atoms with E-state index in [0.29, 0.717) is 18.2 Å². The Morgan fingerprint density at radius 2 is 1.82 bits per heavy atom. The number of urea groups is 1. The maximum Gasteiger partial charge on any atom is 0.416 e. The molecule has 4 N–H and O–H groups in total. The smallest absolute Gasteiger partial charge is 0.416 e. The highest BCUT2D eigenvalue weighted by molar-refractivity contribution is 6.00. The van der Waals surface area contributed by atoms with Crippen LogP contribution in [0.4, 0.5) is 49.6 Å². The van der Waals surface area contributed by atoms with Gasteiger partial charge in [-0.3, -0.25) is 0 Å². The number of halogens is 5. The van der Waals surface area contributed by atoms with Crippen molar-refractivity contribution < 1.29 is 36.6 Å². The number of aliphatic hydroxyl groups is 1. The number of aromatic nitrogens is 1. The zero-order chi connectivity index (χ0) is 24.5. The Balaban J connectivity index is 1.46. The number of rotatable bonds is 4. The van der Waals surface area contributed by atoms with E-state index >= 15 is 0 Å². The summed E-state index contributed by atoms with van der Waals surface area (Å²) in [5.41, 5.74) is -1.69. The fourth-order valence-electron chi connectivity index (χ4n) is 2.93. The molecule has 2 heterocycles.